The van der Waals surface area contributed by atoms with Crippen molar-refractivity contribution >= 4 is 6.08 Å². The topological polar surface area (TPSA) is 0 Å². The lowest BCUT2D eigenvalue weighted by molar-refractivity contribution is 1.38. The Kier molecular flexibility index (Phi) is 3.51. The Balaban J connectivity index is 2.93. The molecule has 0 saturated carbocycles. The predicted molar refractivity (Wildman–Crippen MR) is 59.8 cm³/mol. The van der Waals surface area contributed by atoms with Gasteiger partial charge < -0.3 is 0 Å². The van der Waals surface area contributed by atoms with Gasteiger partial charge in [0.05, 0.1) is 0 Å². The summed E-state index contributed by atoms with van der Waals surface area (Å²) < 4.78 is 0. The van der Waals surface area contributed by atoms with Gasteiger partial charge in [-0.2, -0.15) is 0 Å². The van der Waals surface area contributed by atoms with Crippen molar-refractivity contribution in [3.05, 3.63) is 53.1 Å². The molecular formula is C13H16. The minimum absolute atomic E-state index is 1.30. The lowest BCUT2D eigenvalue weighted by atomic mass is 10.1. The number of hydrogen-bond acceptors (Lipinski definition) is 0. The van der Waals surface area contributed by atoms with Crippen molar-refractivity contribution in [2.24, 2.45) is 0 Å². The molecule has 0 amide bonds. The van der Waals surface area contributed by atoms with Gasteiger partial charge in [0, 0.05) is 0 Å². The van der Waals surface area contributed by atoms with Crippen molar-refractivity contribution in [3.8, 4) is 0 Å². The highest BCUT2D eigenvalue weighted by atomic mass is 14.0. The van der Waals surface area contributed by atoms with E-state index in [0.717, 1.165) is 0 Å². The lowest BCUT2D eigenvalue weighted by Gasteiger charge is -2.00. The van der Waals surface area contributed by atoms with Crippen LogP contribution < -0.4 is 0 Å². The second-order valence-corrected chi connectivity index (χ2v) is 3.24. The van der Waals surface area contributed by atoms with Crippen LogP contribution >= 0.6 is 0 Å². The van der Waals surface area contributed by atoms with E-state index in [1.807, 2.05) is 19.1 Å². The molecule has 0 nitrogen and oxygen atoms in total. The summed E-state index contributed by atoms with van der Waals surface area (Å²) in [5.74, 6) is 0. The molecule has 0 heterocycles. The Labute approximate surface area is 80.6 Å². The summed E-state index contributed by atoms with van der Waals surface area (Å²) in [6.07, 6.45) is 8.29. The maximum Gasteiger partial charge on any atom is -0.0225 e. The third-order valence-corrected chi connectivity index (χ3v) is 2.01. The van der Waals surface area contributed by atoms with E-state index in [1.54, 1.807) is 0 Å². The third-order valence-electron chi connectivity index (χ3n) is 2.01. The predicted octanol–water partition coefficient (Wildman–Crippen LogP) is 3.89. The van der Waals surface area contributed by atoms with Gasteiger partial charge in [-0.15, -0.1) is 0 Å². The Morgan fingerprint density at radius 2 is 1.85 bits per heavy atom. The summed E-state index contributed by atoms with van der Waals surface area (Å²) >= 11 is 0. The van der Waals surface area contributed by atoms with E-state index in [1.165, 1.54) is 16.7 Å². The first-order chi connectivity index (χ1) is 6.24. The Hall–Kier alpha value is -1.30. The monoisotopic (exact) mass is 172 g/mol. The Bertz CT molecular complexity index is 330. The molecule has 1 rings (SSSR count). The molecule has 0 bridgehead atoms. The number of rotatable bonds is 2. The van der Waals surface area contributed by atoms with Crippen LogP contribution in [-0.4, -0.2) is 0 Å². The molecule has 68 valence electrons. The Morgan fingerprint density at radius 1 is 1.08 bits per heavy atom. The highest BCUT2D eigenvalue weighted by molar-refractivity contribution is 5.55. The molecule has 0 N–H and O–H groups in total. The van der Waals surface area contributed by atoms with Gasteiger partial charge >= 0.3 is 0 Å². The number of aryl methyl sites for hydroxylation is 2. The van der Waals surface area contributed by atoms with Crippen LogP contribution in [-0.2, 0) is 0 Å². The first kappa shape index (κ1) is 9.79. The summed E-state index contributed by atoms with van der Waals surface area (Å²) in [5.41, 5.74) is 3.94. The molecule has 0 spiro atoms. The average molecular weight is 172 g/mol. The molecule has 0 aliphatic heterocycles. The SMILES string of the molecule is CC=CC=Cc1cc(C)ccc1C. The quantitative estimate of drug-likeness (QED) is 0.594. The number of hydrogen-bond donors (Lipinski definition) is 0. The summed E-state index contributed by atoms with van der Waals surface area (Å²) in [6, 6.07) is 6.50. The summed E-state index contributed by atoms with van der Waals surface area (Å²) in [6.45, 7) is 6.27. The second kappa shape index (κ2) is 4.66. The number of allylic oxidation sites excluding steroid dienone is 3. The van der Waals surface area contributed by atoms with Gasteiger partial charge in [-0.05, 0) is 31.9 Å². The maximum atomic E-state index is 2.20. The summed E-state index contributed by atoms with van der Waals surface area (Å²) in [4.78, 5) is 0. The fraction of sp³-hybridized carbons (Fsp3) is 0.231. The minimum atomic E-state index is 1.30. The van der Waals surface area contributed by atoms with Gasteiger partial charge in [0.15, 0.2) is 0 Å². The standard InChI is InChI=1S/C13H16/c1-4-5-6-7-13-10-11(2)8-9-12(13)3/h4-10H,1-3H3. The van der Waals surface area contributed by atoms with Crippen molar-refractivity contribution in [2.45, 2.75) is 20.8 Å². The molecule has 0 aliphatic carbocycles. The van der Waals surface area contributed by atoms with Crippen LogP contribution in [0.15, 0.2) is 36.4 Å². The highest BCUT2D eigenvalue weighted by Gasteiger charge is 1.92. The van der Waals surface area contributed by atoms with Gasteiger partial charge in [0.25, 0.3) is 0 Å². The van der Waals surface area contributed by atoms with Crippen molar-refractivity contribution in [2.75, 3.05) is 0 Å². The van der Waals surface area contributed by atoms with Crippen LogP contribution in [0.2, 0.25) is 0 Å². The molecule has 0 saturated heterocycles. The van der Waals surface area contributed by atoms with E-state index < -0.39 is 0 Å². The zero-order chi connectivity index (χ0) is 9.68. The van der Waals surface area contributed by atoms with E-state index in [-0.39, 0.29) is 0 Å². The molecule has 1 aromatic rings. The van der Waals surface area contributed by atoms with Crippen LogP contribution in [0.1, 0.15) is 23.6 Å². The van der Waals surface area contributed by atoms with E-state index >= 15 is 0 Å². The molecular weight excluding hydrogens is 156 g/mol. The van der Waals surface area contributed by atoms with E-state index in [9.17, 15) is 0 Å². The molecule has 0 atom stereocenters. The zero-order valence-electron chi connectivity index (χ0n) is 8.54. The first-order valence-electron chi connectivity index (χ1n) is 4.60. The van der Waals surface area contributed by atoms with Crippen molar-refractivity contribution in [3.63, 3.8) is 0 Å². The molecule has 0 heteroatoms. The average Bonchev–Trinajstić information content (AvgIpc) is 2.11. The van der Waals surface area contributed by atoms with Crippen LogP contribution in [0, 0.1) is 13.8 Å². The summed E-state index contributed by atoms with van der Waals surface area (Å²) in [7, 11) is 0. The molecule has 0 unspecified atom stereocenters. The van der Waals surface area contributed by atoms with Crippen LogP contribution in [0.3, 0.4) is 0 Å². The zero-order valence-corrected chi connectivity index (χ0v) is 8.54. The van der Waals surface area contributed by atoms with Crippen molar-refractivity contribution in [1.29, 1.82) is 0 Å². The minimum Gasteiger partial charge on any atom is -0.0877 e. The highest BCUT2D eigenvalue weighted by Crippen LogP contribution is 2.12. The first-order valence-corrected chi connectivity index (χ1v) is 4.60. The molecule has 1 aromatic carbocycles. The molecule has 0 fully saturated rings. The van der Waals surface area contributed by atoms with Crippen LogP contribution in [0.4, 0.5) is 0 Å². The second-order valence-electron chi connectivity index (χ2n) is 3.24. The number of benzene rings is 1. The molecule has 0 aliphatic rings. The fourth-order valence-electron chi connectivity index (χ4n) is 1.21. The molecule has 0 aromatic heterocycles. The van der Waals surface area contributed by atoms with E-state index in [0.29, 0.717) is 0 Å². The van der Waals surface area contributed by atoms with Crippen LogP contribution in [0.5, 0.6) is 0 Å². The van der Waals surface area contributed by atoms with Crippen LogP contribution in [0.25, 0.3) is 6.08 Å². The van der Waals surface area contributed by atoms with Gasteiger partial charge in [-0.25, -0.2) is 0 Å². The van der Waals surface area contributed by atoms with Gasteiger partial charge in [0.1, 0.15) is 0 Å². The molecule has 13 heavy (non-hydrogen) atoms. The van der Waals surface area contributed by atoms with Gasteiger partial charge in [-0.1, -0.05) is 48.1 Å². The van der Waals surface area contributed by atoms with Gasteiger partial charge in [0.2, 0.25) is 0 Å². The van der Waals surface area contributed by atoms with Crippen molar-refractivity contribution in [1.82, 2.24) is 0 Å². The van der Waals surface area contributed by atoms with Crippen molar-refractivity contribution < 1.29 is 0 Å². The Morgan fingerprint density at radius 3 is 2.54 bits per heavy atom. The fourth-order valence-corrected chi connectivity index (χ4v) is 1.21. The van der Waals surface area contributed by atoms with Gasteiger partial charge in [-0.3, -0.25) is 0 Å². The third kappa shape index (κ3) is 2.90. The van der Waals surface area contributed by atoms with E-state index in [4.69, 9.17) is 0 Å². The largest absolute Gasteiger partial charge is 0.0877 e. The normalized spacial score (nSPS) is 11.6. The lowest BCUT2D eigenvalue weighted by Crippen LogP contribution is -1.81. The summed E-state index contributed by atoms with van der Waals surface area (Å²) in [5, 5.41) is 0. The van der Waals surface area contributed by atoms with E-state index in [2.05, 4.69) is 44.2 Å². The molecule has 0 radical (unpaired) electrons. The smallest absolute Gasteiger partial charge is 0.0225 e. The maximum absolute atomic E-state index is 2.20.